The van der Waals surface area contributed by atoms with Crippen LogP contribution >= 0.6 is 0 Å². The third-order valence-electron chi connectivity index (χ3n) is 9.65. The lowest BCUT2D eigenvalue weighted by Gasteiger charge is -2.25. The maximum absolute atomic E-state index is 14.1. The van der Waals surface area contributed by atoms with Gasteiger partial charge in [0.25, 0.3) is 0 Å². The highest BCUT2D eigenvalue weighted by atomic mass is 16.6. The molecule has 1 aliphatic carbocycles. The van der Waals surface area contributed by atoms with Crippen LogP contribution in [0.5, 0.6) is 5.75 Å². The van der Waals surface area contributed by atoms with E-state index in [-0.39, 0.29) is 43.6 Å². The van der Waals surface area contributed by atoms with Gasteiger partial charge in [0.2, 0.25) is 11.8 Å². The number of ketones is 1. The second-order valence-corrected chi connectivity index (χ2v) is 14.5. The summed E-state index contributed by atoms with van der Waals surface area (Å²) in [5.74, 6) is -3.84. The Morgan fingerprint density at radius 1 is 0.724 bits per heavy atom. The first-order chi connectivity index (χ1) is 27.9. The van der Waals surface area contributed by atoms with Crippen LogP contribution in [0.25, 0.3) is 11.1 Å². The maximum Gasteiger partial charge on any atom is 0.407 e. The van der Waals surface area contributed by atoms with Gasteiger partial charge in [-0.3, -0.25) is 14.4 Å². The van der Waals surface area contributed by atoms with Gasteiger partial charge in [0.1, 0.15) is 25.0 Å². The highest BCUT2D eigenvalue weighted by Crippen LogP contribution is 2.44. The molecule has 0 unspecified atom stereocenters. The second kappa shape index (κ2) is 20.5. The SMILES string of the molecule is CC(C)C[C@H](CC(=O)[C@H](Cc1ccc(OCC(=O)O)cc1)NC(=O)[C@H](CNC(=O)OCc1ccccc1)NC(=O)OCC1c2ccccc2-c2ccccc21)C(N)=O. The van der Waals surface area contributed by atoms with Crippen molar-refractivity contribution in [3.8, 4) is 16.9 Å². The molecule has 0 fully saturated rings. The molecule has 0 saturated heterocycles. The van der Waals surface area contributed by atoms with Gasteiger partial charge in [-0.2, -0.15) is 0 Å². The smallest absolute Gasteiger partial charge is 0.407 e. The number of carboxylic acid groups (broad SMARTS) is 1. The third kappa shape index (κ3) is 12.1. The summed E-state index contributed by atoms with van der Waals surface area (Å²) in [5.41, 5.74) is 11.0. The second-order valence-electron chi connectivity index (χ2n) is 14.5. The van der Waals surface area contributed by atoms with Crippen LogP contribution in [0.4, 0.5) is 9.59 Å². The zero-order valence-electron chi connectivity index (χ0n) is 32.4. The van der Waals surface area contributed by atoms with E-state index in [9.17, 15) is 28.8 Å². The van der Waals surface area contributed by atoms with Gasteiger partial charge in [0.05, 0.1) is 12.6 Å². The summed E-state index contributed by atoms with van der Waals surface area (Å²) < 4.78 is 16.2. The molecular weight excluding hydrogens is 745 g/mol. The van der Waals surface area contributed by atoms with E-state index in [0.29, 0.717) is 12.0 Å². The Hall–Kier alpha value is -6.70. The normalized spacial score (nSPS) is 13.2. The summed E-state index contributed by atoms with van der Waals surface area (Å²) in [7, 11) is 0. The van der Waals surface area contributed by atoms with Gasteiger partial charge in [0, 0.05) is 18.3 Å². The number of carboxylic acids is 1. The molecule has 1 aliphatic rings. The first-order valence-electron chi connectivity index (χ1n) is 19.0. The molecule has 0 radical (unpaired) electrons. The summed E-state index contributed by atoms with van der Waals surface area (Å²) >= 11 is 0. The number of carbonyl (C=O) groups excluding carboxylic acids is 5. The zero-order valence-corrected chi connectivity index (χ0v) is 32.4. The van der Waals surface area contributed by atoms with Crippen LogP contribution in [0, 0.1) is 11.8 Å². The lowest BCUT2D eigenvalue weighted by atomic mass is 9.88. The molecule has 0 bridgehead atoms. The molecule has 0 saturated carbocycles. The number of amides is 4. The van der Waals surface area contributed by atoms with Gasteiger partial charge in [-0.1, -0.05) is 105 Å². The molecular formula is C44H48N4O10. The molecule has 3 atom stereocenters. The van der Waals surface area contributed by atoms with Crippen molar-refractivity contribution in [3.05, 3.63) is 125 Å². The van der Waals surface area contributed by atoms with E-state index in [1.165, 1.54) is 12.1 Å². The van der Waals surface area contributed by atoms with E-state index in [0.717, 1.165) is 27.8 Å². The average molecular weight is 793 g/mol. The Bertz CT molecular complexity index is 2030. The number of ether oxygens (including phenoxy) is 3. The number of fused-ring (bicyclic) bond motifs is 3. The molecule has 0 aliphatic heterocycles. The fourth-order valence-corrected chi connectivity index (χ4v) is 6.83. The molecule has 304 valence electrons. The monoisotopic (exact) mass is 792 g/mol. The number of hydrogen-bond acceptors (Lipinski definition) is 9. The van der Waals surface area contributed by atoms with Crippen molar-refractivity contribution in [1.29, 1.82) is 0 Å². The lowest BCUT2D eigenvalue weighted by Crippen LogP contribution is -2.56. The standard InChI is InChI=1S/C44H48N4O10/c1-27(2)20-30(41(45)52)22-39(49)37(21-28-16-18-31(19-17-28)56-26-40(50)51)47-42(53)38(23-46-43(54)57-24-29-10-4-3-5-11-29)48-44(55)58-25-36-34-14-8-6-12-32(34)33-13-7-9-15-35(33)36/h3-19,27,30,36-38H,20-26H2,1-2H3,(H2,45,52)(H,46,54)(H,47,53)(H,48,55)(H,50,51)/t30-,37+,38+/m1/s1. The molecule has 0 aromatic heterocycles. The minimum atomic E-state index is -1.44. The highest BCUT2D eigenvalue weighted by Gasteiger charge is 2.32. The van der Waals surface area contributed by atoms with Crippen LogP contribution in [0.3, 0.4) is 0 Å². The number of nitrogens with one attached hydrogen (secondary N) is 3. The number of rotatable bonds is 20. The fraction of sp³-hybridized carbons (Fsp3) is 0.318. The molecule has 4 aromatic carbocycles. The minimum Gasteiger partial charge on any atom is -0.482 e. The number of primary amides is 1. The Morgan fingerprint density at radius 2 is 1.34 bits per heavy atom. The molecule has 14 heteroatoms. The highest BCUT2D eigenvalue weighted by molar-refractivity contribution is 5.94. The predicted molar refractivity (Wildman–Crippen MR) is 214 cm³/mol. The Labute approximate surface area is 336 Å². The van der Waals surface area contributed by atoms with Gasteiger partial charge >= 0.3 is 18.2 Å². The van der Waals surface area contributed by atoms with Crippen LogP contribution in [0.2, 0.25) is 0 Å². The molecule has 4 aromatic rings. The van der Waals surface area contributed by atoms with Crippen molar-refractivity contribution in [3.63, 3.8) is 0 Å². The van der Waals surface area contributed by atoms with Crippen molar-refractivity contribution in [2.75, 3.05) is 19.8 Å². The van der Waals surface area contributed by atoms with Crippen LogP contribution in [0.1, 0.15) is 54.9 Å². The van der Waals surface area contributed by atoms with Gasteiger partial charge in [-0.25, -0.2) is 14.4 Å². The number of nitrogens with two attached hydrogens (primary N) is 1. The van der Waals surface area contributed by atoms with Crippen molar-refractivity contribution in [2.24, 2.45) is 17.6 Å². The van der Waals surface area contributed by atoms with Crippen molar-refractivity contribution >= 4 is 35.8 Å². The van der Waals surface area contributed by atoms with Crippen LogP contribution in [-0.4, -0.2) is 72.7 Å². The number of aliphatic carboxylic acids is 1. The number of carbonyl (C=O) groups is 6. The number of benzene rings is 4. The summed E-state index contributed by atoms with van der Waals surface area (Å²) in [4.78, 5) is 77.5. The van der Waals surface area contributed by atoms with E-state index in [2.05, 4.69) is 16.0 Å². The van der Waals surface area contributed by atoms with Gasteiger partial charge in [-0.05, 0) is 64.3 Å². The van der Waals surface area contributed by atoms with E-state index in [1.54, 1.807) is 36.4 Å². The number of hydrogen-bond donors (Lipinski definition) is 5. The van der Waals surface area contributed by atoms with Gasteiger partial charge in [0.15, 0.2) is 12.4 Å². The van der Waals surface area contributed by atoms with E-state index in [1.807, 2.05) is 68.4 Å². The average Bonchev–Trinajstić information content (AvgIpc) is 3.53. The van der Waals surface area contributed by atoms with Crippen LogP contribution in [-0.2, 0) is 41.7 Å². The number of alkyl carbamates (subject to hydrolysis) is 2. The molecule has 14 nitrogen and oxygen atoms in total. The third-order valence-corrected chi connectivity index (χ3v) is 9.65. The number of Topliss-reactive ketones (excluding diaryl/α,β-unsaturated/α-hetero) is 1. The van der Waals surface area contributed by atoms with Crippen molar-refractivity contribution in [2.45, 2.75) is 57.7 Å². The summed E-state index contributed by atoms with van der Waals surface area (Å²) in [6.07, 6.45) is -1.74. The summed E-state index contributed by atoms with van der Waals surface area (Å²) in [5, 5.41) is 16.7. The Kier molecular flexibility index (Phi) is 15.0. The quantitative estimate of drug-likeness (QED) is 0.0797. The summed E-state index contributed by atoms with van der Waals surface area (Å²) in [6.45, 7) is 2.72. The summed E-state index contributed by atoms with van der Waals surface area (Å²) in [6, 6.07) is 28.3. The molecule has 58 heavy (non-hydrogen) atoms. The molecule has 6 N–H and O–H groups in total. The van der Waals surface area contributed by atoms with Gasteiger partial charge < -0.3 is 41.0 Å². The molecule has 0 heterocycles. The first-order valence-corrected chi connectivity index (χ1v) is 19.0. The van der Waals surface area contributed by atoms with Crippen molar-refractivity contribution < 1.29 is 48.1 Å². The minimum absolute atomic E-state index is 0.0405. The topological polar surface area (TPSA) is 212 Å². The lowest BCUT2D eigenvalue weighted by molar-refractivity contribution is -0.139. The largest absolute Gasteiger partial charge is 0.482 e. The van der Waals surface area contributed by atoms with Crippen molar-refractivity contribution in [1.82, 2.24) is 16.0 Å². The van der Waals surface area contributed by atoms with Crippen LogP contribution in [0.15, 0.2) is 103 Å². The first kappa shape index (κ1) is 42.4. The fourth-order valence-electron chi connectivity index (χ4n) is 6.83. The molecule has 5 rings (SSSR count). The zero-order chi connectivity index (χ0) is 41.6. The molecule has 0 spiro atoms. The van der Waals surface area contributed by atoms with Gasteiger partial charge in [-0.15, -0.1) is 0 Å². The Balaban J connectivity index is 1.33. The van der Waals surface area contributed by atoms with Crippen LogP contribution < -0.4 is 26.4 Å². The van der Waals surface area contributed by atoms with E-state index in [4.69, 9.17) is 25.1 Å². The Morgan fingerprint density at radius 3 is 1.95 bits per heavy atom. The predicted octanol–water partition coefficient (Wildman–Crippen LogP) is 5.12. The maximum atomic E-state index is 14.1. The molecule has 4 amide bonds. The van der Waals surface area contributed by atoms with E-state index < -0.39 is 66.9 Å². The van der Waals surface area contributed by atoms with E-state index >= 15 is 0 Å².